The lowest BCUT2D eigenvalue weighted by Crippen LogP contribution is -2.54. The van der Waals surface area contributed by atoms with Gasteiger partial charge >= 0.3 is 0 Å². The van der Waals surface area contributed by atoms with E-state index in [1.165, 1.54) is 0 Å². The smallest absolute Gasteiger partial charge is 0.262 e. The second-order valence-electron chi connectivity index (χ2n) is 16.8. The van der Waals surface area contributed by atoms with E-state index in [2.05, 4.69) is 46.8 Å². The summed E-state index contributed by atoms with van der Waals surface area (Å²) >= 11 is 6.32. The minimum absolute atomic E-state index is 0.0929. The molecule has 1 spiro atoms. The molecule has 1 unspecified atom stereocenters. The van der Waals surface area contributed by atoms with Gasteiger partial charge in [-0.15, -0.1) is 0 Å². The topological polar surface area (TPSA) is 121 Å². The minimum Gasteiger partial charge on any atom is -0.372 e. The average molecular weight is 803 g/mol. The van der Waals surface area contributed by atoms with Gasteiger partial charge in [-0.05, 0) is 92.0 Å². The number of nitrogens with zero attached hydrogens (tertiary/aromatic N) is 7. The van der Waals surface area contributed by atoms with Gasteiger partial charge in [-0.25, -0.2) is 4.85 Å². The molecule has 300 valence electrons. The lowest BCUT2D eigenvalue weighted by molar-refractivity contribution is -0.136. The largest absolute Gasteiger partial charge is 0.372 e. The van der Waals surface area contributed by atoms with Crippen LogP contribution in [0.3, 0.4) is 0 Å². The monoisotopic (exact) mass is 802 g/mol. The molecular weight excluding hydrogens is 756 g/mol. The van der Waals surface area contributed by atoms with Crippen molar-refractivity contribution in [2.45, 2.75) is 44.6 Å². The van der Waals surface area contributed by atoms with Crippen molar-refractivity contribution in [3.05, 3.63) is 93.8 Å². The molecule has 14 heteroatoms. The van der Waals surface area contributed by atoms with Crippen LogP contribution in [0.15, 0.2) is 60.7 Å². The molecule has 0 aliphatic carbocycles. The molecule has 5 saturated heterocycles. The zero-order valence-electron chi connectivity index (χ0n) is 32.5. The number of nitrogens with one attached hydrogen (secondary N) is 1. The van der Waals surface area contributed by atoms with Crippen LogP contribution in [0.1, 0.15) is 69.6 Å². The van der Waals surface area contributed by atoms with Crippen LogP contribution in [-0.4, -0.2) is 122 Å². The lowest BCUT2D eigenvalue weighted by atomic mass is 9.77. The highest BCUT2D eigenvalue weighted by Crippen LogP contribution is 2.43. The molecular formula is C44H47ClN8O5. The molecule has 0 aromatic heterocycles. The highest BCUT2D eigenvalue weighted by Gasteiger charge is 2.45. The summed E-state index contributed by atoms with van der Waals surface area (Å²) in [5.41, 5.74) is 5.00. The normalized spacial score (nSPS) is 23.5. The van der Waals surface area contributed by atoms with E-state index in [9.17, 15) is 24.0 Å². The zero-order chi connectivity index (χ0) is 40.1. The van der Waals surface area contributed by atoms with E-state index < -0.39 is 29.7 Å². The molecule has 3 aromatic rings. The fourth-order valence-electron chi connectivity index (χ4n) is 9.98. The summed E-state index contributed by atoms with van der Waals surface area (Å²) in [6.45, 7) is 17.0. The van der Waals surface area contributed by atoms with E-state index in [0.29, 0.717) is 27.8 Å². The van der Waals surface area contributed by atoms with Gasteiger partial charge in [0.05, 0.1) is 17.7 Å². The Morgan fingerprint density at radius 1 is 0.776 bits per heavy atom. The fourth-order valence-corrected chi connectivity index (χ4v) is 10.2. The fraction of sp³-hybridized carbons (Fsp3) is 0.455. The Morgan fingerprint density at radius 2 is 1.48 bits per heavy atom. The summed E-state index contributed by atoms with van der Waals surface area (Å²) in [5.74, 6) is -1.39. The molecule has 13 nitrogen and oxygen atoms in total. The molecule has 3 aromatic carbocycles. The Bertz CT molecular complexity index is 2220. The van der Waals surface area contributed by atoms with Crippen molar-refractivity contribution in [3.63, 3.8) is 0 Å². The molecule has 0 saturated carbocycles. The molecule has 9 rings (SSSR count). The van der Waals surface area contributed by atoms with Crippen LogP contribution >= 0.6 is 11.6 Å². The highest BCUT2D eigenvalue weighted by molar-refractivity contribution is 6.33. The molecule has 1 N–H and O–H groups in total. The van der Waals surface area contributed by atoms with Crippen LogP contribution < -0.4 is 20.0 Å². The van der Waals surface area contributed by atoms with Gasteiger partial charge in [0.25, 0.3) is 17.7 Å². The molecule has 0 bridgehead atoms. The van der Waals surface area contributed by atoms with Crippen molar-refractivity contribution in [2.75, 3.05) is 86.7 Å². The molecule has 0 radical (unpaired) electrons. The molecule has 5 fully saturated rings. The molecule has 6 aliphatic heterocycles. The van der Waals surface area contributed by atoms with Gasteiger partial charge in [0.15, 0.2) is 0 Å². The SMILES string of the molecule is [C-]#[N+]c1ccc(N2CCC3(CCN(C(=O)c4cccc(N5CCN(C[C@@H]6CCN(c7ccc8c(c7)C(=O)N(C7CCC(=O)NC7=O)C8=O)C6)CC5)c4)C3)CC2)cc1Cl. The van der Waals surface area contributed by atoms with E-state index in [-0.39, 0.29) is 24.2 Å². The second kappa shape index (κ2) is 15.4. The Kier molecular flexibility index (Phi) is 10.1. The van der Waals surface area contributed by atoms with Crippen LogP contribution in [0.2, 0.25) is 5.02 Å². The van der Waals surface area contributed by atoms with E-state index in [4.69, 9.17) is 18.2 Å². The van der Waals surface area contributed by atoms with Crippen LogP contribution in [-0.2, 0) is 9.59 Å². The van der Waals surface area contributed by atoms with Gasteiger partial charge in [0, 0.05) is 106 Å². The highest BCUT2D eigenvalue weighted by atomic mass is 35.5. The van der Waals surface area contributed by atoms with Gasteiger partial charge in [-0.3, -0.25) is 39.1 Å². The number of imide groups is 2. The van der Waals surface area contributed by atoms with Crippen LogP contribution in [0, 0.1) is 17.9 Å². The third-order valence-corrected chi connectivity index (χ3v) is 13.7. The lowest BCUT2D eigenvalue weighted by Gasteiger charge is -2.40. The number of piperidine rings is 2. The number of hydrogen-bond donors (Lipinski definition) is 1. The summed E-state index contributed by atoms with van der Waals surface area (Å²) in [5, 5.41) is 2.74. The second-order valence-corrected chi connectivity index (χ2v) is 17.2. The number of anilines is 3. The van der Waals surface area contributed by atoms with Crippen LogP contribution in [0.25, 0.3) is 4.85 Å². The molecule has 6 aliphatic rings. The van der Waals surface area contributed by atoms with Gasteiger partial charge in [0.2, 0.25) is 17.5 Å². The molecule has 5 amide bonds. The number of benzene rings is 3. The number of amides is 5. The van der Waals surface area contributed by atoms with Gasteiger partial charge in [0.1, 0.15) is 6.04 Å². The minimum atomic E-state index is -0.973. The number of carbonyl (C=O) groups is 5. The maximum Gasteiger partial charge on any atom is 0.262 e. The van der Waals surface area contributed by atoms with E-state index in [1.54, 1.807) is 18.2 Å². The van der Waals surface area contributed by atoms with Crippen molar-refractivity contribution in [1.29, 1.82) is 0 Å². The van der Waals surface area contributed by atoms with Gasteiger partial charge < -0.3 is 19.6 Å². The van der Waals surface area contributed by atoms with E-state index in [0.717, 1.165) is 125 Å². The van der Waals surface area contributed by atoms with Gasteiger partial charge in [-0.2, -0.15) is 0 Å². The quantitative estimate of drug-likeness (QED) is 0.258. The van der Waals surface area contributed by atoms with Crippen molar-refractivity contribution >= 4 is 63.9 Å². The van der Waals surface area contributed by atoms with Crippen LogP contribution in [0.4, 0.5) is 22.7 Å². The first-order chi connectivity index (χ1) is 28.1. The summed E-state index contributed by atoms with van der Waals surface area (Å²) in [6, 6.07) is 18.2. The molecule has 2 atom stereocenters. The standard InChI is InChI=1S/C44H47ClN8O5/c1-46-37-8-6-33(25-36(37)45)49-16-12-44(13-17-49)14-18-52(28-44)41(56)30-3-2-4-31(23-30)50-21-19-48(20-22-50)26-29-11-15-51(27-29)32-5-7-34-35(24-32)43(58)53(42(34)57)38-9-10-39(54)47-40(38)55/h2-8,23-25,29,38H,9-22,26-28H2,(H,47,54,55)/t29-,38?/m0/s1. The van der Waals surface area contributed by atoms with Crippen LogP contribution in [0.5, 0.6) is 0 Å². The summed E-state index contributed by atoms with van der Waals surface area (Å²) in [4.78, 5) is 80.6. The summed E-state index contributed by atoms with van der Waals surface area (Å²) in [7, 11) is 0. The number of piperazine rings is 1. The predicted molar refractivity (Wildman–Crippen MR) is 221 cm³/mol. The predicted octanol–water partition coefficient (Wildman–Crippen LogP) is 5.07. The van der Waals surface area contributed by atoms with Gasteiger partial charge in [-0.1, -0.05) is 23.7 Å². The summed E-state index contributed by atoms with van der Waals surface area (Å²) in [6.07, 6.45) is 4.32. The number of hydrogen-bond acceptors (Lipinski definition) is 9. The molecule has 58 heavy (non-hydrogen) atoms. The zero-order valence-corrected chi connectivity index (χ0v) is 33.3. The summed E-state index contributed by atoms with van der Waals surface area (Å²) < 4.78 is 0. The number of halogens is 1. The Labute approximate surface area is 343 Å². The van der Waals surface area contributed by atoms with E-state index >= 15 is 0 Å². The Morgan fingerprint density at radius 3 is 2.24 bits per heavy atom. The maximum atomic E-state index is 13.8. The number of carbonyl (C=O) groups excluding carboxylic acids is 5. The third kappa shape index (κ3) is 7.17. The van der Waals surface area contributed by atoms with E-state index in [1.807, 2.05) is 30.3 Å². The first-order valence-corrected chi connectivity index (χ1v) is 20.8. The van der Waals surface area contributed by atoms with Crippen molar-refractivity contribution < 1.29 is 24.0 Å². The Balaban J connectivity index is 0.750. The average Bonchev–Trinajstić information content (AvgIpc) is 3.95. The maximum absolute atomic E-state index is 13.8. The first kappa shape index (κ1) is 38.1. The number of fused-ring (bicyclic) bond motifs is 1. The van der Waals surface area contributed by atoms with Crippen molar-refractivity contribution in [2.24, 2.45) is 11.3 Å². The third-order valence-electron chi connectivity index (χ3n) is 13.4. The number of rotatable bonds is 7. The number of likely N-dealkylation sites (tertiary alicyclic amines) is 1. The van der Waals surface area contributed by atoms with Crippen molar-refractivity contribution in [1.82, 2.24) is 20.0 Å². The van der Waals surface area contributed by atoms with Crippen molar-refractivity contribution in [3.8, 4) is 0 Å². The first-order valence-electron chi connectivity index (χ1n) is 20.5. The molecule has 6 heterocycles. The Hall–Kier alpha value is -5.45.